The molecule has 1 unspecified atom stereocenters. The summed E-state index contributed by atoms with van der Waals surface area (Å²) in [4.78, 5) is 43.2. The molecule has 1 aliphatic heterocycles. The van der Waals surface area contributed by atoms with Crippen molar-refractivity contribution in [2.75, 3.05) is 27.8 Å². The van der Waals surface area contributed by atoms with E-state index in [4.69, 9.17) is 9.47 Å². The number of hydrogen-bond donors (Lipinski definition) is 0. The smallest absolute Gasteiger partial charge is 0.241 e. The van der Waals surface area contributed by atoms with Crippen LogP contribution in [0.1, 0.15) is 49.7 Å². The molecule has 2 aromatic carbocycles. The second-order valence-corrected chi connectivity index (χ2v) is 9.71. The van der Waals surface area contributed by atoms with E-state index >= 15 is 0 Å². The normalized spacial score (nSPS) is 20.2. The van der Waals surface area contributed by atoms with Gasteiger partial charge in [-0.1, -0.05) is 31.0 Å². The van der Waals surface area contributed by atoms with Gasteiger partial charge in [0, 0.05) is 32.5 Å². The molecule has 1 aliphatic carbocycles. The van der Waals surface area contributed by atoms with Gasteiger partial charge in [-0.05, 0) is 54.7 Å². The van der Waals surface area contributed by atoms with Crippen molar-refractivity contribution in [3.8, 4) is 11.5 Å². The molecule has 8 heteroatoms. The van der Waals surface area contributed by atoms with Crippen LogP contribution in [0.4, 0.5) is 4.39 Å². The standard InChI is InChI=1S/C28H33FN2O5/c1-30(14-13-19-11-12-23(35-2)24(15-19)36-3)25(32)17-28(20-7-6-8-21(29)16-20)18-26(33)31(27(28)34)22-9-4-5-10-22/h6-8,11-12,15-16,22H,4-5,9-10,13-14,17-18H2,1-3H3. The van der Waals surface area contributed by atoms with Crippen LogP contribution in [0.3, 0.4) is 0 Å². The van der Waals surface area contributed by atoms with Crippen LogP contribution in [0.15, 0.2) is 42.5 Å². The first-order valence-electron chi connectivity index (χ1n) is 12.4. The molecule has 0 N–H and O–H groups in total. The first-order valence-corrected chi connectivity index (χ1v) is 12.4. The van der Waals surface area contributed by atoms with Crippen molar-refractivity contribution in [1.82, 2.24) is 9.80 Å². The molecule has 1 saturated heterocycles. The minimum Gasteiger partial charge on any atom is -0.493 e. The quantitative estimate of drug-likeness (QED) is 0.493. The second-order valence-electron chi connectivity index (χ2n) is 9.71. The average molecular weight is 497 g/mol. The summed E-state index contributed by atoms with van der Waals surface area (Å²) in [5, 5.41) is 0. The summed E-state index contributed by atoms with van der Waals surface area (Å²) in [7, 11) is 4.82. The number of imide groups is 1. The van der Waals surface area contributed by atoms with Gasteiger partial charge >= 0.3 is 0 Å². The Morgan fingerprint density at radius 3 is 2.47 bits per heavy atom. The predicted octanol–water partition coefficient (Wildman–Crippen LogP) is 3.87. The van der Waals surface area contributed by atoms with E-state index in [1.807, 2.05) is 18.2 Å². The van der Waals surface area contributed by atoms with E-state index in [-0.39, 0.29) is 36.6 Å². The van der Waals surface area contributed by atoms with Crippen molar-refractivity contribution in [3.05, 3.63) is 59.4 Å². The summed E-state index contributed by atoms with van der Waals surface area (Å²) < 4.78 is 24.8. The number of benzene rings is 2. The lowest BCUT2D eigenvalue weighted by Crippen LogP contribution is -2.45. The van der Waals surface area contributed by atoms with E-state index in [0.717, 1.165) is 31.2 Å². The molecule has 4 rings (SSSR count). The molecule has 2 aliphatic rings. The van der Waals surface area contributed by atoms with Crippen LogP contribution >= 0.6 is 0 Å². The van der Waals surface area contributed by atoms with Crippen LogP contribution in [0.25, 0.3) is 0 Å². The minimum atomic E-state index is -1.39. The van der Waals surface area contributed by atoms with Crippen LogP contribution in [0.2, 0.25) is 0 Å². The van der Waals surface area contributed by atoms with Crippen LogP contribution in [0, 0.1) is 5.82 Å². The van der Waals surface area contributed by atoms with Crippen molar-refractivity contribution in [2.45, 2.75) is 56.4 Å². The van der Waals surface area contributed by atoms with Gasteiger partial charge in [0.1, 0.15) is 5.82 Å². The molecular weight excluding hydrogens is 463 g/mol. The van der Waals surface area contributed by atoms with E-state index in [1.54, 1.807) is 32.2 Å². The average Bonchev–Trinajstić information content (AvgIpc) is 3.48. The zero-order valence-corrected chi connectivity index (χ0v) is 21.1. The number of rotatable bonds is 9. The zero-order valence-electron chi connectivity index (χ0n) is 21.1. The Morgan fingerprint density at radius 1 is 1.08 bits per heavy atom. The van der Waals surface area contributed by atoms with Gasteiger partial charge in [0.05, 0.1) is 19.6 Å². The van der Waals surface area contributed by atoms with Crippen LogP contribution < -0.4 is 9.47 Å². The SMILES string of the molecule is COc1ccc(CCN(C)C(=O)CC2(c3cccc(F)c3)CC(=O)N(C3CCCC3)C2=O)cc1OC. The monoisotopic (exact) mass is 496 g/mol. The van der Waals surface area contributed by atoms with Gasteiger partial charge in [0.25, 0.3) is 0 Å². The third-order valence-corrected chi connectivity index (χ3v) is 7.48. The molecule has 3 amide bonds. The summed E-state index contributed by atoms with van der Waals surface area (Å²) in [5.74, 6) is -0.200. The van der Waals surface area contributed by atoms with E-state index in [0.29, 0.717) is 30.0 Å². The Bertz CT molecular complexity index is 1150. The molecule has 0 radical (unpaired) electrons. The number of nitrogens with zero attached hydrogens (tertiary/aromatic N) is 2. The topological polar surface area (TPSA) is 76.2 Å². The van der Waals surface area contributed by atoms with Crippen molar-refractivity contribution in [1.29, 1.82) is 0 Å². The maximum absolute atomic E-state index is 14.2. The van der Waals surface area contributed by atoms with Crippen molar-refractivity contribution in [2.24, 2.45) is 0 Å². The van der Waals surface area contributed by atoms with E-state index < -0.39 is 11.2 Å². The van der Waals surface area contributed by atoms with Gasteiger partial charge < -0.3 is 14.4 Å². The van der Waals surface area contributed by atoms with E-state index in [9.17, 15) is 18.8 Å². The fourth-order valence-electron chi connectivity index (χ4n) is 5.40. The predicted molar refractivity (Wildman–Crippen MR) is 132 cm³/mol. The molecule has 1 saturated carbocycles. The fourth-order valence-corrected chi connectivity index (χ4v) is 5.40. The summed E-state index contributed by atoms with van der Waals surface area (Å²) in [5.41, 5.74) is -0.0501. The minimum absolute atomic E-state index is 0.124. The number of carbonyl (C=O) groups is 3. The highest BCUT2D eigenvalue weighted by Gasteiger charge is 2.55. The maximum Gasteiger partial charge on any atom is 0.241 e. The van der Waals surface area contributed by atoms with Crippen molar-refractivity contribution in [3.63, 3.8) is 0 Å². The zero-order chi connectivity index (χ0) is 25.9. The third-order valence-electron chi connectivity index (χ3n) is 7.48. The van der Waals surface area contributed by atoms with Gasteiger partial charge in [0.2, 0.25) is 17.7 Å². The first kappa shape index (κ1) is 25.7. The van der Waals surface area contributed by atoms with E-state index in [1.165, 1.54) is 23.1 Å². The molecule has 1 atom stereocenters. The van der Waals surface area contributed by atoms with Gasteiger partial charge in [-0.15, -0.1) is 0 Å². The maximum atomic E-state index is 14.2. The lowest BCUT2D eigenvalue weighted by atomic mass is 9.75. The molecule has 192 valence electrons. The molecule has 2 fully saturated rings. The number of methoxy groups -OCH3 is 2. The number of hydrogen-bond acceptors (Lipinski definition) is 5. The van der Waals surface area contributed by atoms with Gasteiger partial charge in [-0.25, -0.2) is 4.39 Å². The number of halogens is 1. The largest absolute Gasteiger partial charge is 0.493 e. The van der Waals surface area contributed by atoms with Crippen molar-refractivity contribution >= 4 is 17.7 Å². The summed E-state index contributed by atoms with van der Waals surface area (Å²) in [6, 6.07) is 11.2. The number of ether oxygens (including phenoxy) is 2. The highest BCUT2D eigenvalue weighted by Crippen LogP contribution is 2.43. The Hall–Kier alpha value is -3.42. The fraction of sp³-hybridized carbons (Fsp3) is 0.464. The summed E-state index contributed by atoms with van der Waals surface area (Å²) in [6.07, 6.45) is 3.73. The third kappa shape index (κ3) is 4.94. The number of likely N-dealkylation sites (N-methyl/N-ethyl adjacent to an activating group) is 1. The van der Waals surface area contributed by atoms with Crippen LogP contribution in [0.5, 0.6) is 11.5 Å². The Labute approximate surface area is 211 Å². The van der Waals surface area contributed by atoms with Crippen LogP contribution in [-0.4, -0.2) is 61.4 Å². The molecule has 7 nitrogen and oxygen atoms in total. The molecule has 36 heavy (non-hydrogen) atoms. The molecule has 0 aromatic heterocycles. The van der Waals surface area contributed by atoms with Gasteiger partial charge in [-0.2, -0.15) is 0 Å². The highest BCUT2D eigenvalue weighted by atomic mass is 19.1. The second kappa shape index (κ2) is 10.7. The number of carbonyl (C=O) groups excluding carboxylic acids is 3. The number of amides is 3. The van der Waals surface area contributed by atoms with Gasteiger partial charge in [-0.3, -0.25) is 19.3 Å². The first-order chi connectivity index (χ1) is 17.3. The molecule has 2 aromatic rings. The van der Waals surface area contributed by atoms with Crippen LogP contribution in [-0.2, 0) is 26.2 Å². The molecular formula is C28H33FN2O5. The molecule has 1 heterocycles. The summed E-state index contributed by atoms with van der Waals surface area (Å²) >= 11 is 0. The van der Waals surface area contributed by atoms with Crippen molar-refractivity contribution < 1.29 is 28.2 Å². The van der Waals surface area contributed by atoms with Gasteiger partial charge in [0.15, 0.2) is 11.5 Å². The lowest BCUT2D eigenvalue weighted by molar-refractivity contribution is -0.144. The Kier molecular flexibility index (Phi) is 7.62. The summed E-state index contributed by atoms with van der Waals surface area (Å²) in [6.45, 7) is 0.405. The highest BCUT2D eigenvalue weighted by molar-refractivity contribution is 6.11. The Balaban J connectivity index is 1.54. The Morgan fingerprint density at radius 2 is 1.81 bits per heavy atom. The molecule has 0 bridgehead atoms. The molecule has 0 spiro atoms. The number of likely N-dealkylation sites (tertiary alicyclic amines) is 1. The lowest BCUT2D eigenvalue weighted by Gasteiger charge is -2.30. The van der Waals surface area contributed by atoms with E-state index in [2.05, 4.69) is 0 Å².